The highest BCUT2D eigenvalue weighted by atomic mass is 16.2. The summed E-state index contributed by atoms with van der Waals surface area (Å²) >= 11 is 0. The minimum absolute atomic E-state index is 0.0295. The summed E-state index contributed by atoms with van der Waals surface area (Å²) in [5, 5.41) is 20.1. The molecule has 2 aromatic rings. The maximum atomic E-state index is 12.0. The summed E-state index contributed by atoms with van der Waals surface area (Å²) < 4.78 is 1.77. The van der Waals surface area contributed by atoms with Crippen molar-refractivity contribution in [1.29, 1.82) is 5.26 Å². The van der Waals surface area contributed by atoms with Crippen molar-refractivity contribution in [3.63, 3.8) is 0 Å². The molecule has 0 unspecified atom stereocenters. The highest BCUT2D eigenvalue weighted by molar-refractivity contribution is 5.77. The molecule has 21 heavy (non-hydrogen) atoms. The van der Waals surface area contributed by atoms with Crippen LogP contribution in [0.1, 0.15) is 24.2 Å². The minimum Gasteiger partial charge on any atom is -0.352 e. The molecule has 1 aliphatic rings. The molecule has 6 nitrogen and oxygen atoms in total. The van der Waals surface area contributed by atoms with Crippen LogP contribution in [0.25, 0.3) is 11.4 Å². The van der Waals surface area contributed by atoms with Crippen LogP contribution >= 0.6 is 0 Å². The third-order valence-corrected chi connectivity index (χ3v) is 3.43. The quantitative estimate of drug-likeness (QED) is 0.918. The van der Waals surface area contributed by atoms with Crippen molar-refractivity contribution in [2.24, 2.45) is 0 Å². The van der Waals surface area contributed by atoms with Gasteiger partial charge in [0.1, 0.15) is 12.4 Å². The molecule has 1 saturated carbocycles. The number of nitriles is 1. The lowest BCUT2D eigenvalue weighted by molar-refractivity contribution is -0.121. The largest absolute Gasteiger partial charge is 0.352 e. The molecule has 1 aliphatic carbocycles. The topological polar surface area (TPSA) is 83.6 Å². The number of hydrogen-bond acceptors (Lipinski definition) is 4. The van der Waals surface area contributed by atoms with E-state index in [0.717, 1.165) is 18.4 Å². The lowest BCUT2D eigenvalue weighted by atomic mass is 10.1. The molecular formula is C15H15N5O. The van der Waals surface area contributed by atoms with E-state index in [1.807, 2.05) is 13.0 Å². The molecule has 3 rings (SSSR count). The molecular weight excluding hydrogens is 266 g/mol. The van der Waals surface area contributed by atoms with Gasteiger partial charge in [0, 0.05) is 11.6 Å². The van der Waals surface area contributed by atoms with Crippen molar-refractivity contribution < 1.29 is 4.79 Å². The molecule has 0 bridgehead atoms. The Labute approximate surface area is 122 Å². The van der Waals surface area contributed by atoms with Crippen LogP contribution in [-0.2, 0) is 11.3 Å². The lowest BCUT2D eigenvalue weighted by Gasteiger charge is -2.09. The fourth-order valence-corrected chi connectivity index (χ4v) is 2.16. The fourth-order valence-electron chi connectivity index (χ4n) is 2.16. The van der Waals surface area contributed by atoms with Gasteiger partial charge in [0.05, 0.1) is 11.6 Å². The first-order valence-electron chi connectivity index (χ1n) is 6.87. The van der Waals surface area contributed by atoms with Crippen LogP contribution < -0.4 is 5.32 Å². The molecule has 0 saturated heterocycles. The first-order chi connectivity index (χ1) is 10.2. The summed E-state index contributed by atoms with van der Waals surface area (Å²) in [4.78, 5) is 12.0. The van der Waals surface area contributed by atoms with E-state index in [4.69, 9.17) is 5.26 Å². The molecule has 1 aromatic heterocycles. The summed E-state index contributed by atoms with van der Waals surface area (Å²) in [7, 11) is 0. The molecule has 1 heterocycles. The number of carbonyl (C=O) groups excluding carboxylic acids is 1. The second-order valence-corrected chi connectivity index (χ2v) is 5.19. The van der Waals surface area contributed by atoms with E-state index in [9.17, 15) is 4.79 Å². The van der Waals surface area contributed by atoms with Crippen LogP contribution in [0, 0.1) is 18.3 Å². The van der Waals surface area contributed by atoms with Crippen molar-refractivity contribution in [3.05, 3.63) is 35.7 Å². The Bertz CT molecular complexity index is 724. The molecule has 0 aliphatic heterocycles. The van der Waals surface area contributed by atoms with Crippen molar-refractivity contribution >= 4 is 5.91 Å². The highest BCUT2D eigenvalue weighted by Crippen LogP contribution is 2.21. The van der Waals surface area contributed by atoms with Gasteiger partial charge in [0.15, 0.2) is 5.82 Å². The Morgan fingerprint density at radius 2 is 2.29 bits per heavy atom. The zero-order chi connectivity index (χ0) is 14.8. The van der Waals surface area contributed by atoms with E-state index >= 15 is 0 Å². The summed E-state index contributed by atoms with van der Waals surface area (Å²) in [6.07, 6.45) is 2.12. The van der Waals surface area contributed by atoms with Gasteiger partial charge < -0.3 is 9.88 Å². The van der Waals surface area contributed by atoms with E-state index in [2.05, 4.69) is 21.6 Å². The zero-order valence-corrected chi connectivity index (χ0v) is 11.7. The Kier molecular flexibility index (Phi) is 3.40. The van der Waals surface area contributed by atoms with Gasteiger partial charge in [0.2, 0.25) is 5.91 Å². The molecule has 0 radical (unpaired) electrons. The first-order valence-corrected chi connectivity index (χ1v) is 6.87. The van der Waals surface area contributed by atoms with Gasteiger partial charge in [-0.15, -0.1) is 10.2 Å². The molecule has 0 atom stereocenters. The highest BCUT2D eigenvalue weighted by Gasteiger charge is 2.24. The minimum atomic E-state index is -0.0295. The van der Waals surface area contributed by atoms with Gasteiger partial charge in [-0.2, -0.15) is 5.26 Å². The van der Waals surface area contributed by atoms with Crippen molar-refractivity contribution in [1.82, 2.24) is 20.1 Å². The number of amides is 1. The number of nitrogens with one attached hydrogen (secondary N) is 1. The van der Waals surface area contributed by atoms with E-state index in [-0.39, 0.29) is 12.5 Å². The van der Waals surface area contributed by atoms with Crippen LogP contribution in [0.3, 0.4) is 0 Å². The molecule has 1 fully saturated rings. The maximum absolute atomic E-state index is 12.0. The average molecular weight is 281 g/mol. The van der Waals surface area contributed by atoms with E-state index in [1.54, 1.807) is 22.8 Å². The van der Waals surface area contributed by atoms with Crippen molar-refractivity contribution in [2.75, 3.05) is 0 Å². The number of carbonyl (C=O) groups is 1. The summed E-state index contributed by atoms with van der Waals surface area (Å²) in [6, 6.07) is 9.58. The van der Waals surface area contributed by atoms with Gasteiger partial charge in [0.25, 0.3) is 0 Å². The van der Waals surface area contributed by atoms with E-state index in [1.165, 1.54) is 0 Å². The molecule has 1 aromatic carbocycles. The predicted octanol–water partition coefficient (Wildman–Crippen LogP) is 1.40. The third-order valence-electron chi connectivity index (χ3n) is 3.43. The van der Waals surface area contributed by atoms with Crippen LogP contribution in [0.15, 0.2) is 24.3 Å². The molecule has 0 spiro atoms. The summed E-state index contributed by atoms with van der Waals surface area (Å²) in [5.74, 6) is 1.26. The standard InChI is InChI=1S/C15H15N5O/c1-10-18-19-15(12-4-2-3-11(7-12)8-16)20(10)9-14(21)17-13-5-6-13/h2-4,7,13H,5-6,9H2,1H3,(H,17,21). The SMILES string of the molecule is Cc1nnc(-c2cccc(C#N)c2)n1CC(=O)NC1CC1. The second kappa shape index (κ2) is 5.37. The summed E-state index contributed by atoms with van der Waals surface area (Å²) in [6.45, 7) is 2.01. The van der Waals surface area contributed by atoms with Crippen LogP contribution in [0.4, 0.5) is 0 Å². The van der Waals surface area contributed by atoms with Crippen LogP contribution in [0.5, 0.6) is 0 Å². The van der Waals surface area contributed by atoms with E-state index in [0.29, 0.717) is 23.3 Å². The maximum Gasteiger partial charge on any atom is 0.240 e. The Morgan fingerprint density at radius 3 is 3.00 bits per heavy atom. The number of hydrogen-bond donors (Lipinski definition) is 1. The number of nitrogens with zero attached hydrogens (tertiary/aromatic N) is 4. The van der Waals surface area contributed by atoms with Gasteiger partial charge in [-0.05, 0) is 31.9 Å². The Morgan fingerprint density at radius 1 is 1.48 bits per heavy atom. The van der Waals surface area contributed by atoms with Gasteiger partial charge in [-0.25, -0.2) is 0 Å². The summed E-state index contributed by atoms with van der Waals surface area (Å²) in [5.41, 5.74) is 1.34. The monoisotopic (exact) mass is 281 g/mol. The fraction of sp³-hybridized carbons (Fsp3) is 0.333. The number of benzene rings is 1. The van der Waals surface area contributed by atoms with Gasteiger partial charge in [-0.1, -0.05) is 12.1 Å². The van der Waals surface area contributed by atoms with Crippen molar-refractivity contribution in [3.8, 4) is 17.5 Å². The van der Waals surface area contributed by atoms with Crippen molar-refractivity contribution in [2.45, 2.75) is 32.4 Å². The average Bonchev–Trinajstić information content (AvgIpc) is 3.23. The third kappa shape index (κ3) is 2.92. The van der Waals surface area contributed by atoms with Gasteiger partial charge >= 0.3 is 0 Å². The second-order valence-electron chi connectivity index (χ2n) is 5.19. The lowest BCUT2D eigenvalue weighted by Crippen LogP contribution is -2.29. The Balaban J connectivity index is 1.88. The smallest absolute Gasteiger partial charge is 0.240 e. The first kappa shape index (κ1) is 13.3. The zero-order valence-electron chi connectivity index (χ0n) is 11.7. The molecule has 1 amide bonds. The van der Waals surface area contributed by atoms with Crippen LogP contribution in [-0.4, -0.2) is 26.7 Å². The molecule has 1 N–H and O–H groups in total. The predicted molar refractivity (Wildman–Crippen MR) is 76.1 cm³/mol. The van der Waals surface area contributed by atoms with Crippen LogP contribution in [0.2, 0.25) is 0 Å². The number of aryl methyl sites for hydroxylation is 1. The van der Waals surface area contributed by atoms with E-state index < -0.39 is 0 Å². The Hall–Kier alpha value is -2.68. The number of rotatable bonds is 4. The van der Waals surface area contributed by atoms with Gasteiger partial charge in [-0.3, -0.25) is 4.79 Å². The number of aromatic nitrogens is 3. The molecule has 6 heteroatoms. The normalized spacial score (nSPS) is 13.7. The molecule has 106 valence electrons.